The van der Waals surface area contributed by atoms with E-state index < -0.39 is 0 Å². The quantitative estimate of drug-likeness (QED) is 0.177. The minimum absolute atomic E-state index is 0.176. The normalized spacial score (nSPS) is 13.7. The molecule has 0 amide bonds. The van der Waals surface area contributed by atoms with E-state index in [1.54, 1.807) is 0 Å². The Hall–Kier alpha value is -6.97. The van der Waals surface area contributed by atoms with E-state index in [9.17, 15) is 0 Å². The van der Waals surface area contributed by atoms with Crippen molar-refractivity contribution in [3.8, 4) is 67.5 Å². The molecule has 0 bridgehead atoms. The van der Waals surface area contributed by atoms with Crippen LogP contribution in [0.2, 0.25) is 0 Å². The summed E-state index contributed by atoms with van der Waals surface area (Å²) in [5, 5.41) is 4.82. The van der Waals surface area contributed by atoms with Gasteiger partial charge in [-0.1, -0.05) is 172 Å². The van der Waals surface area contributed by atoms with Crippen molar-refractivity contribution in [3.63, 3.8) is 0 Å². The molecule has 9 aromatic rings. The average molecular weight is 730 g/mol. The summed E-state index contributed by atoms with van der Waals surface area (Å²) in [7, 11) is 0. The zero-order chi connectivity index (χ0) is 38.1. The molecule has 0 fully saturated rings. The van der Waals surface area contributed by atoms with Gasteiger partial charge in [0.2, 0.25) is 0 Å². The van der Waals surface area contributed by atoms with E-state index in [-0.39, 0.29) is 5.41 Å². The topological polar surface area (TPSA) is 38.7 Å². The lowest BCUT2D eigenvalue weighted by molar-refractivity contribution is 0.659. The van der Waals surface area contributed by atoms with E-state index in [2.05, 4.69) is 153 Å². The molecule has 0 saturated carbocycles. The maximum Gasteiger partial charge on any atom is 0.164 e. The molecule has 0 radical (unpaired) electrons. The number of nitrogens with zero attached hydrogens (tertiary/aromatic N) is 3. The third kappa shape index (κ3) is 5.45. The van der Waals surface area contributed by atoms with Crippen molar-refractivity contribution in [1.82, 2.24) is 15.0 Å². The molecule has 3 nitrogen and oxygen atoms in total. The zero-order valence-electron chi connectivity index (χ0n) is 32.0. The van der Waals surface area contributed by atoms with Gasteiger partial charge in [0, 0.05) is 22.1 Å². The predicted octanol–water partition coefficient (Wildman–Crippen LogP) is 13.8. The lowest BCUT2D eigenvalue weighted by Gasteiger charge is -2.25. The lowest BCUT2D eigenvalue weighted by atomic mass is 9.78. The van der Waals surface area contributed by atoms with Crippen LogP contribution in [0.25, 0.3) is 95.2 Å². The first-order chi connectivity index (χ1) is 28.0. The number of hydrogen-bond acceptors (Lipinski definition) is 3. The Balaban J connectivity index is 1.07. The molecule has 8 aromatic carbocycles. The molecule has 2 aliphatic carbocycles. The van der Waals surface area contributed by atoms with Gasteiger partial charge in [-0.2, -0.15) is 0 Å². The average Bonchev–Trinajstić information content (AvgIpc) is 3.50. The van der Waals surface area contributed by atoms with Crippen LogP contribution < -0.4 is 0 Å². The van der Waals surface area contributed by atoms with Crippen molar-refractivity contribution in [3.05, 3.63) is 192 Å². The first-order valence-corrected chi connectivity index (χ1v) is 19.9. The predicted molar refractivity (Wildman–Crippen MR) is 237 cm³/mol. The molecule has 2 aliphatic rings. The molecule has 3 heteroatoms. The Morgan fingerprint density at radius 1 is 0.439 bits per heavy atom. The van der Waals surface area contributed by atoms with Gasteiger partial charge in [0.15, 0.2) is 17.5 Å². The van der Waals surface area contributed by atoms with Crippen LogP contribution in [0, 0.1) is 0 Å². The highest BCUT2D eigenvalue weighted by atomic mass is 15.0. The Morgan fingerprint density at radius 3 is 1.77 bits per heavy atom. The maximum atomic E-state index is 5.10. The second-order valence-corrected chi connectivity index (χ2v) is 15.9. The Kier molecular flexibility index (Phi) is 7.65. The zero-order valence-corrected chi connectivity index (χ0v) is 32.0. The first-order valence-electron chi connectivity index (χ1n) is 19.9. The minimum Gasteiger partial charge on any atom is -0.208 e. The Morgan fingerprint density at radius 2 is 1.04 bits per heavy atom. The number of rotatable bonds is 5. The standard InChI is InChI=1S/C54H39N3/c1-54(2)47-32-39(27-28-46(47)50-48(54)33-38-21-11-12-22-42(38)49(50)40-26-25-34-15-9-10-20-37(34)31-40)41-29-30-45(44-24-14-13-23-43(41)44)53-56-51(35-16-5-3-6-17-35)55-52(57-53)36-18-7-4-8-19-36/h3-10,12-20,22-33H,11,21H2,1-2H3. The van der Waals surface area contributed by atoms with Crippen molar-refractivity contribution in [1.29, 1.82) is 0 Å². The SMILES string of the molecule is CC1(C)c2cc(-c3ccc(-c4nc(-c5ccccc5)nc(-c5ccccc5)n4)c4ccccc34)ccc2-c2c1cc1c(c2-c2ccc3ccccc3c2)C=CCC1. The van der Waals surface area contributed by atoms with Gasteiger partial charge in [0.1, 0.15) is 0 Å². The third-order valence-corrected chi connectivity index (χ3v) is 12.2. The molecular formula is C54H39N3. The van der Waals surface area contributed by atoms with E-state index in [0.29, 0.717) is 17.5 Å². The van der Waals surface area contributed by atoms with Crippen molar-refractivity contribution < 1.29 is 0 Å². The van der Waals surface area contributed by atoms with Crippen LogP contribution in [0.1, 0.15) is 42.5 Å². The molecule has 57 heavy (non-hydrogen) atoms. The van der Waals surface area contributed by atoms with Crippen molar-refractivity contribution >= 4 is 27.6 Å². The van der Waals surface area contributed by atoms with Gasteiger partial charge in [-0.3, -0.25) is 0 Å². The Labute approximate surface area is 333 Å². The number of allylic oxidation sites excluding steroid dienone is 1. The molecule has 0 saturated heterocycles. The molecule has 0 unspecified atom stereocenters. The van der Waals surface area contributed by atoms with Gasteiger partial charge >= 0.3 is 0 Å². The molecule has 0 aliphatic heterocycles. The second-order valence-electron chi connectivity index (χ2n) is 15.9. The van der Waals surface area contributed by atoms with Crippen LogP contribution in [-0.2, 0) is 11.8 Å². The third-order valence-electron chi connectivity index (χ3n) is 12.2. The lowest BCUT2D eigenvalue weighted by Crippen LogP contribution is -2.16. The molecule has 0 spiro atoms. The number of fused-ring (bicyclic) bond motifs is 6. The largest absolute Gasteiger partial charge is 0.208 e. The van der Waals surface area contributed by atoms with E-state index in [1.165, 1.54) is 71.8 Å². The van der Waals surface area contributed by atoms with Crippen LogP contribution in [0.3, 0.4) is 0 Å². The van der Waals surface area contributed by atoms with Crippen LogP contribution >= 0.6 is 0 Å². The smallest absolute Gasteiger partial charge is 0.164 e. The summed E-state index contributed by atoms with van der Waals surface area (Å²) >= 11 is 0. The van der Waals surface area contributed by atoms with Crippen LogP contribution in [0.15, 0.2) is 170 Å². The number of aromatic nitrogens is 3. The van der Waals surface area contributed by atoms with Crippen LogP contribution in [0.5, 0.6) is 0 Å². The van der Waals surface area contributed by atoms with E-state index in [0.717, 1.165) is 34.9 Å². The van der Waals surface area contributed by atoms with Gasteiger partial charge < -0.3 is 0 Å². The highest BCUT2D eigenvalue weighted by molar-refractivity contribution is 6.05. The molecule has 270 valence electrons. The summed E-state index contributed by atoms with van der Waals surface area (Å²) in [6, 6.07) is 58.9. The molecule has 1 aromatic heterocycles. The monoisotopic (exact) mass is 729 g/mol. The van der Waals surface area contributed by atoms with Gasteiger partial charge in [0.05, 0.1) is 0 Å². The van der Waals surface area contributed by atoms with Gasteiger partial charge in [-0.05, 0) is 108 Å². The van der Waals surface area contributed by atoms with E-state index in [1.807, 2.05) is 36.4 Å². The second kappa shape index (κ2) is 13.1. The minimum atomic E-state index is -0.176. The summed E-state index contributed by atoms with van der Waals surface area (Å²) in [5.41, 5.74) is 16.1. The van der Waals surface area contributed by atoms with Crippen molar-refractivity contribution in [2.24, 2.45) is 0 Å². The first kappa shape index (κ1) is 33.4. The molecular weight excluding hydrogens is 691 g/mol. The fourth-order valence-electron chi connectivity index (χ4n) is 9.28. The number of benzene rings is 8. The van der Waals surface area contributed by atoms with Gasteiger partial charge in [0.25, 0.3) is 0 Å². The number of aryl methyl sites for hydroxylation is 1. The fourth-order valence-corrected chi connectivity index (χ4v) is 9.28. The summed E-state index contributed by atoms with van der Waals surface area (Å²) in [6.07, 6.45) is 6.86. The highest BCUT2D eigenvalue weighted by Gasteiger charge is 2.39. The summed E-state index contributed by atoms with van der Waals surface area (Å²) in [6.45, 7) is 4.82. The van der Waals surface area contributed by atoms with E-state index >= 15 is 0 Å². The summed E-state index contributed by atoms with van der Waals surface area (Å²) in [4.78, 5) is 15.1. The van der Waals surface area contributed by atoms with E-state index in [4.69, 9.17) is 15.0 Å². The van der Waals surface area contributed by atoms with Crippen molar-refractivity contribution in [2.45, 2.75) is 32.1 Å². The molecule has 0 N–H and O–H groups in total. The maximum absolute atomic E-state index is 5.10. The van der Waals surface area contributed by atoms with Crippen LogP contribution in [-0.4, -0.2) is 15.0 Å². The van der Waals surface area contributed by atoms with Gasteiger partial charge in [-0.25, -0.2) is 15.0 Å². The highest BCUT2D eigenvalue weighted by Crippen LogP contribution is 2.55. The fraction of sp³-hybridized carbons (Fsp3) is 0.0926. The molecule has 11 rings (SSSR count). The molecule has 1 heterocycles. The molecule has 0 atom stereocenters. The number of hydrogen-bond donors (Lipinski definition) is 0. The van der Waals surface area contributed by atoms with Crippen molar-refractivity contribution in [2.75, 3.05) is 0 Å². The summed E-state index contributed by atoms with van der Waals surface area (Å²) < 4.78 is 0. The Bertz CT molecular complexity index is 3030. The summed E-state index contributed by atoms with van der Waals surface area (Å²) in [5.74, 6) is 1.98. The van der Waals surface area contributed by atoms with Crippen LogP contribution in [0.4, 0.5) is 0 Å². The van der Waals surface area contributed by atoms with Gasteiger partial charge in [-0.15, -0.1) is 0 Å².